The lowest BCUT2D eigenvalue weighted by Gasteiger charge is -2.39. The normalized spacial score (nSPS) is 24.2. The fraction of sp³-hybridized carbons (Fsp3) is 0.323. The SMILES string of the molecule is C.CCN1[C@H]2Cn3c(nc4cc(C(=O)OC)c(C)cc43)[C@H]2[C@H](c2cccc(Cl)c2F)[C@]12C(=O)Nc1cc(Cl)ccc12. The van der Waals surface area contributed by atoms with E-state index in [-0.39, 0.29) is 30.3 Å². The van der Waals surface area contributed by atoms with Gasteiger partial charge in [-0.15, -0.1) is 0 Å². The van der Waals surface area contributed by atoms with Crippen molar-refractivity contribution in [1.82, 2.24) is 14.5 Å². The summed E-state index contributed by atoms with van der Waals surface area (Å²) in [6.45, 7) is 4.98. The number of aryl methyl sites for hydroxylation is 1. The number of halogens is 3. The summed E-state index contributed by atoms with van der Waals surface area (Å²) in [4.78, 5) is 33.8. The number of carbonyl (C=O) groups excluding carboxylic acids is 2. The van der Waals surface area contributed by atoms with Crippen molar-refractivity contribution in [2.75, 3.05) is 19.0 Å². The second kappa shape index (κ2) is 9.54. The molecule has 0 unspecified atom stereocenters. The number of ether oxygens (including phenoxy) is 1. The number of hydrogen-bond donors (Lipinski definition) is 1. The third-order valence-corrected chi connectivity index (χ3v) is 9.44. The first-order valence-electron chi connectivity index (χ1n) is 13.1. The van der Waals surface area contributed by atoms with Crippen LogP contribution in [-0.2, 0) is 21.6 Å². The highest BCUT2D eigenvalue weighted by molar-refractivity contribution is 6.31. The van der Waals surface area contributed by atoms with Gasteiger partial charge >= 0.3 is 5.97 Å². The fourth-order valence-electron chi connectivity index (χ4n) is 7.46. The van der Waals surface area contributed by atoms with Crippen molar-refractivity contribution >= 4 is 51.8 Å². The van der Waals surface area contributed by atoms with Gasteiger partial charge in [0.15, 0.2) is 0 Å². The van der Waals surface area contributed by atoms with Crippen molar-refractivity contribution in [3.05, 3.63) is 92.5 Å². The van der Waals surface area contributed by atoms with Gasteiger partial charge in [0.1, 0.15) is 17.2 Å². The van der Waals surface area contributed by atoms with Crippen LogP contribution in [-0.4, -0.2) is 46.0 Å². The molecule has 3 aliphatic rings. The Morgan fingerprint density at radius 2 is 2.00 bits per heavy atom. The number of carbonyl (C=O) groups is 2. The number of amides is 1. The molecule has 0 radical (unpaired) electrons. The summed E-state index contributed by atoms with van der Waals surface area (Å²) in [6.07, 6.45) is 0. The van der Waals surface area contributed by atoms with Gasteiger partial charge in [-0.1, -0.05) is 55.8 Å². The van der Waals surface area contributed by atoms with Crippen molar-refractivity contribution in [3.63, 3.8) is 0 Å². The third kappa shape index (κ3) is 3.50. The number of methoxy groups -OCH3 is 1. The van der Waals surface area contributed by atoms with Gasteiger partial charge in [0.25, 0.3) is 0 Å². The molecule has 1 aromatic heterocycles. The first kappa shape index (κ1) is 27.7. The first-order valence-corrected chi connectivity index (χ1v) is 13.9. The molecule has 7 nitrogen and oxygen atoms in total. The van der Waals surface area contributed by atoms with Crippen molar-refractivity contribution in [2.45, 2.75) is 51.2 Å². The number of nitrogens with one attached hydrogen (secondary N) is 1. The summed E-state index contributed by atoms with van der Waals surface area (Å²) >= 11 is 12.6. The number of nitrogens with zero attached hydrogens (tertiary/aromatic N) is 3. The summed E-state index contributed by atoms with van der Waals surface area (Å²) in [5.41, 5.74) is 3.30. The van der Waals surface area contributed by atoms with Crippen LogP contribution in [0.2, 0.25) is 10.0 Å². The molecule has 1 N–H and O–H groups in total. The molecule has 4 heterocycles. The quantitative estimate of drug-likeness (QED) is 0.269. The maximum atomic E-state index is 16.0. The molecule has 1 saturated heterocycles. The average Bonchev–Trinajstić information content (AvgIpc) is 3.62. The number of likely N-dealkylation sites (N-methyl/N-ethyl adjacent to an activating group) is 1. The number of hydrogen-bond acceptors (Lipinski definition) is 5. The minimum Gasteiger partial charge on any atom is -0.465 e. The molecule has 0 saturated carbocycles. The molecule has 1 amide bonds. The Morgan fingerprint density at radius 3 is 2.73 bits per heavy atom. The van der Waals surface area contributed by atoms with Crippen LogP contribution in [0.5, 0.6) is 0 Å². The summed E-state index contributed by atoms with van der Waals surface area (Å²) in [7, 11) is 1.35. The van der Waals surface area contributed by atoms with E-state index in [1.807, 2.05) is 26.0 Å². The predicted molar refractivity (Wildman–Crippen MR) is 157 cm³/mol. The number of fused-ring (bicyclic) bond motifs is 7. The van der Waals surface area contributed by atoms with Crippen LogP contribution in [0.1, 0.15) is 59.1 Å². The number of rotatable bonds is 3. The van der Waals surface area contributed by atoms with Crippen molar-refractivity contribution < 1.29 is 18.7 Å². The highest BCUT2D eigenvalue weighted by Gasteiger charge is 2.69. The molecule has 0 bridgehead atoms. The Kier molecular flexibility index (Phi) is 6.45. The van der Waals surface area contributed by atoms with Gasteiger partial charge in [-0.05, 0) is 54.9 Å². The number of esters is 1. The lowest BCUT2D eigenvalue weighted by Crippen LogP contribution is -2.52. The van der Waals surface area contributed by atoms with E-state index in [2.05, 4.69) is 14.8 Å². The predicted octanol–water partition coefficient (Wildman–Crippen LogP) is 6.65. The van der Waals surface area contributed by atoms with Gasteiger partial charge in [-0.3, -0.25) is 9.69 Å². The lowest BCUT2D eigenvalue weighted by molar-refractivity contribution is -0.127. The molecule has 4 aromatic rings. The van der Waals surface area contributed by atoms with Crippen LogP contribution >= 0.6 is 23.2 Å². The van der Waals surface area contributed by atoms with Crippen LogP contribution in [0, 0.1) is 12.7 Å². The van der Waals surface area contributed by atoms with Gasteiger partial charge in [-0.25, -0.2) is 14.2 Å². The van der Waals surface area contributed by atoms with Crippen LogP contribution in [0.4, 0.5) is 10.1 Å². The Labute approximate surface area is 247 Å². The largest absolute Gasteiger partial charge is 0.465 e. The number of benzene rings is 3. The Balaban J connectivity index is 0.00000302. The lowest BCUT2D eigenvalue weighted by atomic mass is 9.71. The highest BCUT2D eigenvalue weighted by atomic mass is 35.5. The smallest absolute Gasteiger partial charge is 0.338 e. The van der Waals surface area contributed by atoms with Crippen molar-refractivity contribution in [3.8, 4) is 0 Å². The molecule has 7 rings (SSSR count). The van der Waals surface area contributed by atoms with E-state index in [0.717, 1.165) is 22.5 Å². The molecule has 212 valence electrons. The van der Waals surface area contributed by atoms with Crippen molar-refractivity contribution in [2.24, 2.45) is 0 Å². The second-order valence-corrected chi connectivity index (χ2v) is 11.5. The second-order valence-electron chi connectivity index (χ2n) is 10.6. The van der Waals surface area contributed by atoms with Gasteiger partial charge in [0, 0.05) is 40.7 Å². The third-order valence-electron chi connectivity index (χ3n) is 8.92. The van der Waals surface area contributed by atoms with E-state index < -0.39 is 23.2 Å². The van der Waals surface area contributed by atoms with Crippen LogP contribution in [0.3, 0.4) is 0 Å². The van der Waals surface area contributed by atoms with E-state index in [0.29, 0.717) is 40.4 Å². The summed E-state index contributed by atoms with van der Waals surface area (Å²) in [5, 5.41) is 3.54. The topological polar surface area (TPSA) is 76.5 Å². The molecule has 4 atom stereocenters. The average molecular weight is 596 g/mol. The molecule has 0 aliphatic carbocycles. The zero-order valence-corrected chi connectivity index (χ0v) is 23.5. The van der Waals surface area contributed by atoms with Crippen molar-refractivity contribution in [1.29, 1.82) is 0 Å². The Morgan fingerprint density at radius 1 is 1.22 bits per heavy atom. The Bertz CT molecular complexity index is 1770. The zero-order valence-electron chi connectivity index (χ0n) is 22.0. The number of imidazole rings is 1. The summed E-state index contributed by atoms with van der Waals surface area (Å²) in [6, 6.07) is 13.9. The summed E-state index contributed by atoms with van der Waals surface area (Å²) < 4.78 is 23.1. The highest BCUT2D eigenvalue weighted by Crippen LogP contribution is 2.64. The zero-order chi connectivity index (χ0) is 28.1. The van der Waals surface area contributed by atoms with E-state index in [1.165, 1.54) is 13.2 Å². The van der Waals surface area contributed by atoms with Crippen LogP contribution < -0.4 is 5.32 Å². The Hall–Kier alpha value is -3.46. The van der Waals surface area contributed by atoms with E-state index in [9.17, 15) is 9.59 Å². The standard InChI is InChI=1S/C30H25Cl2FN4O3.CH4/c1-4-37-23-13-36-22-10-14(2)17(28(38)40-3)12-21(22)34-27(36)24(23)25(16-6-5-7-19(32)26(16)33)30(37)18-9-8-15(31)11-20(18)35-29(30)39;/h5-12,23-25H,4,13H2,1-3H3,(H,35,39);1H4/t23-,24+,25-,30+;/m0./s1. The number of anilines is 1. The minimum absolute atomic E-state index is 0. The molecule has 1 fully saturated rings. The molecule has 10 heteroatoms. The number of aromatic nitrogens is 2. The van der Waals surface area contributed by atoms with Crippen LogP contribution in [0.25, 0.3) is 11.0 Å². The monoisotopic (exact) mass is 594 g/mol. The van der Waals surface area contributed by atoms with Gasteiger partial charge in [-0.2, -0.15) is 0 Å². The van der Waals surface area contributed by atoms with Gasteiger partial charge in [0.05, 0.1) is 28.7 Å². The van der Waals surface area contributed by atoms with Gasteiger partial charge in [0.2, 0.25) is 5.91 Å². The van der Waals surface area contributed by atoms with E-state index >= 15 is 4.39 Å². The minimum atomic E-state index is -1.20. The van der Waals surface area contributed by atoms with Crippen LogP contribution in [0.15, 0.2) is 48.5 Å². The van der Waals surface area contributed by atoms with Gasteiger partial charge < -0.3 is 14.6 Å². The molecule has 1 spiro atoms. The molecule has 3 aliphatic heterocycles. The molecule has 41 heavy (non-hydrogen) atoms. The fourth-order valence-corrected chi connectivity index (χ4v) is 7.81. The van der Waals surface area contributed by atoms with E-state index in [1.54, 1.807) is 30.3 Å². The molecular formula is C31H29Cl2FN4O3. The number of likely N-dealkylation sites (tertiary alicyclic amines) is 1. The first-order chi connectivity index (χ1) is 19.2. The molecular weight excluding hydrogens is 566 g/mol. The maximum absolute atomic E-state index is 16.0. The maximum Gasteiger partial charge on any atom is 0.338 e. The summed E-state index contributed by atoms with van der Waals surface area (Å²) in [5.74, 6) is -1.43. The van der Waals surface area contributed by atoms with E-state index in [4.69, 9.17) is 32.9 Å². The molecule has 3 aromatic carbocycles.